The van der Waals surface area contributed by atoms with Crippen LogP contribution >= 0.6 is 31.9 Å². The van der Waals surface area contributed by atoms with Crippen molar-refractivity contribution in [3.05, 3.63) is 49.6 Å². The summed E-state index contributed by atoms with van der Waals surface area (Å²) in [6.07, 6.45) is 0. The predicted molar refractivity (Wildman–Crippen MR) is 105 cm³/mol. The summed E-state index contributed by atoms with van der Waals surface area (Å²) in [6.45, 7) is 2.15. The Labute approximate surface area is 166 Å². The molecule has 3 aromatic rings. The van der Waals surface area contributed by atoms with Gasteiger partial charge in [-0.2, -0.15) is 5.26 Å². The molecule has 3 rings (SSSR count). The molecule has 1 heterocycles. The maximum atomic E-state index is 12.4. The Morgan fingerprint density at radius 2 is 2.00 bits per heavy atom. The van der Waals surface area contributed by atoms with Crippen molar-refractivity contribution in [2.45, 2.75) is 6.92 Å². The number of halogens is 2. The van der Waals surface area contributed by atoms with Crippen molar-refractivity contribution < 1.29 is 9.47 Å². The number of ether oxygens (including phenoxy) is 2. The van der Waals surface area contributed by atoms with E-state index in [0.29, 0.717) is 49.3 Å². The van der Waals surface area contributed by atoms with Crippen LogP contribution in [0.2, 0.25) is 0 Å². The predicted octanol–water partition coefficient (Wildman–Crippen LogP) is 4.42. The molecule has 1 aromatic heterocycles. The van der Waals surface area contributed by atoms with Gasteiger partial charge in [-0.05, 0) is 57.0 Å². The van der Waals surface area contributed by atoms with E-state index in [0.717, 1.165) is 0 Å². The number of hydrogen-bond acceptors (Lipinski definition) is 5. The van der Waals surface area contributed by atoms with Crippen molar-refractivity contribution in [1.82, 2.24) is 9.97 Å². The molecule has 0 fully saturated rings. The fourth-order valence-corrected chi connectivity index (χ4v) is 3.48. The summed E-state index contributed by atoms with van der Waals surface area (Å²) in [4.78, 5) is 19.7. The van der Waals surface area contributed by atoms with E-state index < -0.39 is 0 Å². The molecule has 2 aromatic carbocycles. The van der Waals surface area contributed by atoms with Gasteiger partial charge in [0.05, 0.1) is 22.0 Å². The maximum Gasteiger partial charge on any atom is 0.259 e. The van der Waals surface area contributed by atoms with Crippen molar-refractivity contribution in [2.75, 3.05) is 13.2 Å². The van der Waals surface area contributed by atoms with E-state index in [4.69, 9.17) is 14.7 Å². The maximum absolute atomic E-state index is 12.4. The van der Waals surface area contributed by atoms with Crippen molar-refractivity contribution in [1.29, 1.82) is 5.26 Å². The lowest BCUT2D eigenvalue weighted by Crippen LogP contribution is -2.10. The molecule has 8 heteroatoms. The van der Waals surface area contributed by atoms with Crippen LogP contribution in [0.15, 0.2) is 44.1 Å². The minimum absolute atomic E-state index is 0.116. The first kappa shape index (κ1) is 18.4. The molecule has 0 saturated carbocycles. The van der Waals surface area contributed by atoms with Gasteiger partial charge < -0.3 is 14.5 Å². The molecule has 0 aliphatic carbocycles. The smallest absolute Gasteiger partial charge is 0.259 e. The van der Waals surface area contributed by atoms with Crippen LogP contribution in [0.3, 0.4) is 0 Å². The average Bonchev–Trinajstić information content (AvgIpc) is 2.64. The number of nitrogens with one attached hydrogen (secondary N) is 1. The molecule has 6 nitrogen and oxygen atoms in total. The van der Waals surface area contributed by atoms with Crippen LogP contribution in [0.4, 0.5) is 0 Å². The van der Waals surface area contributed by atoms with E-state index in [-0.39, 0.29) is 12.2 Å². The lowest BCUT2D eigenvalue weighted by atomic mass is 10.1. The van der Waals surface area contributed by atoms with Gasteiger partial charge >= 0.3 is 0 Å². The number of nitriles is 1. The molecule has 0 saturated heterocycles. The topological polar surface area (TPSA) is 88.0 Å². The Kier molecular flexibility index (Phi) is 5.59. The van der Waals surface area contributed by atoms with Gasteiger partial charge in [-0.1, -0.05) is 12.1 Å². The van der Waals surface area contributed by atoms with Crippen molar-refractivity contribution >= 4 is 42.8 Å². The normalized spacial score (nSPS) is 10.5. The average molecular weight is 479 g/mol. The quantitative estimate of drug-likeness (QED) is 0.586. The van der Waals surface area contributed by atoms with Gasteiger partial charge in [0.25, 0.3) is 5.56 Å². The minimum Gasteiger partial charge on any atom is -0.490 e. The third kappa shape index (κ3) is 3.45. The summed E-state index contributed by atoms with van der Waals surface area (Å²) in [6, 6.07) is 10.8. The van der Waals surface area contributed by atoms with Gasteiger partial charge in [0.2, 0.25) is 0 Å². The van der Waals surface area contributed by atoms with E-state index in [1.54, 1.807) is 24.3 Å². The molecule has 0 unspecified atom stereocenters. The molecule has 0 radical (unpaired) electrons. The van der Waals surface area contributed by atoms with Gasteiger partial charge in [-0.25, -0.2) is 4.98 Å². The highest BCUT2D eigenvalue weighted by Gasteiger charge is 2.20. The van der Waals surface area contributed by atoms with Crippen molar-refractivity contribution in [3.8, 4) is 29.0 Å². The third-order valence-corrected chi connectivity index (χ3v) is 5.69. The lowest BCUT2D eigenvalue weighted by molar-refractivity contribution is 0.297. The summed E-state index contributed by atoms with van der Waals surface area (Å²) in [5, 5.41) is 9.30. The van der Waals surface area contributed by atoms with Gasteiger partial charge in [-0.15, -0.1) is 0 Å². The van der Waals surface area contributed by atoms with E-state index in [1.165, 1.54) is 0 Å². The summed E-state index contributed by atoms with van der Waals surface area (Å²) < 4.78 is 12.3. The van der Waals surface area contributed by atoms with E-state index in [9.17, 15) is 4.79 Å². The number of H-pyrrole nitrogens is 1. The molecule has 0 aliphatic heterocycles. The highest BCUT2D eigenvalue weighted by Crippen LogP contribution is 2.45. The molecule has 1 N–H and O–H groups in total. The summed E-state index contributed by atoms with van der Waals surface area (Å²) in [7, 11) is 0. The third-order valence-electron chi connectivity index (χ3n) is 3.58. The largest absolute Gasteiger partial charge is 0.490 e. The van der Waals surface area contributed by atoms with Crippen molar-refractivity contribution in [2.24, 2.45) is 0 Å². The van der Waals surface area contributed by atoms with E-state index in [2.05, 4.69) is 41.8 Å². The number of benzene rings is 2. The van der Waals surface area contributed by atoms with E-state index >= 15 is 0 Å². The number of nitrogens with zero attached hydrogens (tertiary/aromatic N) is 2. The Morgan fingerprint density at radius 1 is 1.23 bits per heavy atom. The van der Waals surface area contributed by atoms with Crippen molar-refractivity contribution in [3.63, 3.8) is 0 Å². The summed E-state index contributed by atoms with van der Waals surface area (Å²) in [5.74, 6) is 1.25. The van der Waals surface area contributed by atoms with Crippen LogP contribution in [0.5, 0.6) is 11.5 Å². The highest BCUT2D eigenvalue weighted by atomic mass is 79.9. The molecular weight excluding hydrogens is 466 g/mol. The number of aromatic amines is 1. The monoisotopic (exact) mass is 477 g/mol. The zero-order valence-electron chi connectivity index (χ0n) is 13.7. The SMILES string of the molecule is CCOc1cc(-c2nc3ccccc3c(=O)[nH]2)c(Br)c(Br)c1OCC#N. The van der Waals surface area contributed by atoms with E-state index in [1.807, 2.05) is 19.1 Å². The van der Waals surface area contributed by atoms with Gasteiger partial charge in [0.1, 0.15) is 11.9 Å². The number of hydrogen-bond donors (Lipinski definition) is 1. The zero-order valence-corrected chi connectivity index (χ0v) is 16.8. The van der Waals surface area contributed by atoms with Gasteiger partial charge in [0, 0.05) is 10.0 Å². The first-order valence-electron chi connectivity index (χ1n) is 7.70. The second-order valence-electron chi connectivity index (χ2n) is 5.19. The summed E-state index contributed by atoms with van der Waals surface area (Å²) >= 11 is 6.97. The molecular formula is C18H13Br2N3O3. The van der Waals surface area contributed by atoms with Crippen LogP contribution in [0.1, 0.15) is 6.92 Å². The van der Waals surface area contributed by atoms with Gasteiger partial charge in [0.15, 0.2) is 18.1 Å². The number of aromatic nitrogens is 2. The highest BCUT2D eigenvalue weighted by molar-refractivity contribution is 9.13. The van der Waals surface area contributed by atoms with Gasteiger partial charge in [-0.3, -0.25) is 4.79 Å². The second-order valence-corrected chi connectivity index (χ2v) is 6.78. The lowest BCUT2D eigenvalue weighted by Gasteiger charge is -2.16. The number of rotatable bonds is 5. The summed E-state index contributed by atoms with van der Waals surface area (Å²) in [5.41, 5.74) is 1.00. The molecule has 0 spiro atoms. The van der Waals surface area contributed by atoms with Crippen LogP contribution < -0.4 is 15.0 Å². The van der Waals surface area contributed by atoms with Crippen LogP contribution in [-0.4, -0.2) is 23.2 Å². The first-order valence-corrected chi connectivity index (χ1v) is 9.29. The Balaban J connectivity index is 2.22. The standard InChI is InChI=1S/C18H13Br2N3O3/c1-2-25-13-9-11(14(19)15(20)16(13)26-8-7-21)17-22-12-6-4-3-5-10(12)18(24)23-17/h3-6,9H,2,8H2,1H3,(H,22,23,24). The fraction of sp³-hybridized carbons (Fsp3) is 0.167. The molecule has 0 bridgehead atoms. The molecule has 132 valence electrons. The molecule has 26 heavy (non-hydrogen) atoms. The second kappa shape index (κ2) is 7.89. The minimum atomic E-state index is -0.226. The van der Waals surface area contributed by atoms with Crippen LogP contribution in [0, 0.1) is 11.3 Å². The number of para-hydroxylation sites is 1. The Hall–Kier alpha value is -2.37. The number of fused-ring (bicyclic) bond motifs is 1. The van der Waals surface area contributed by atoms with Crippen LogP contribution in [-0.2, 0) is 0 Å². The first-order chi connectivity index (χ1) is 12.6. The molecule has 0 amide bonds. The molecule has 0 aliphatic rings. The zero-order chi connectivity index (χ0) is 18.7. The van der Waals surface area contributed by atoms with Crippen LogP contribution in [0.25, 0.3) is 22.3 Å². The Morgan fingerprint density at radius 3 is 2.73 bits per heavy atom. The Bertz CT molecular complexity index is 1070. The molecule has 0 atom stereocenters. The fourth-order valence-electron chi connectivity index (χ4n) is 2.47.